The Kier molecular flexibility index (Phi) is 6.01. The Morgan fingerprint density at radius 3 is 2.59 bits per heavy atom. The minimum absolute atomic E-state index is 0.0624. The zero-order valence-corrected chi connectivity index (χ0v) is 11.1. The van der Waals surface area contributed by atoms with Crippen LogP contribution in [0.2, 0.25) is 0 Å². The molecule has 0 heterocycles. The number of nitrogens with zero attached hydrogens (tertiary/aromatic N) is 1. The summed E-state index contributed by atoms with van der Waals surface area (Å²) in [5.41, 5.74) is 8.43. The first-order valence-corrected chi connectivity index (χ1v) is 6.37. The van der Waals surface area contributed by atoms with Gasteiger partial charge in [-0.05, 0) is 32.4 Å². The molecule has 1 aromatic rings. The van der Waals surface area contributed by atoms with E-state index in [1.807, 2.05) is 19.9 Å². The second-order valence-corrected chi connectivity index (χ2v) is 4.12. The zero-order valence-electron chi connectivity index (χ0n) is 11.1. The second kappa shape index (κ2) is 7.30. The average Bonchev–Trinajstić information content (AvgIpc) is 2.35. The highest BCUT2D eigenvalue weighted by atomic mass is 16.5. The molecule has 0 amide bonds. The fourth-order valence-corrected chi connectivity index (χ4v) is 1.93. The summed E-state index contributed by atoms with van der Waals surface area (Å²) >= 11 is 0. The van der Waals surface area contributed by atoms with E-state index in [0.29, 0.717) is 0 Å². The van der Waals surface area contributed by atoms with Crippen molar-refractivity contribution in [2.24, 2.45) is 5.73 Å². The van der Waals surface area contributed by atoms with Gasteiger partial charge >= 0.3 is 0 Å². The quantitative estimate of drug-likeness (QED) is 0.739. The Labute approximate surface area is 105 Å². The van der Waals surface area contributed by atoms with Gasteiger partial charge in [0.2, 0.25) is 0 Å². The summed E-state index contributed by atoms with van der Waals surface area (Å²) in [6.07, 6.45) is 0. The van der Waals surface area contributed by atoms with Gasteiger partial charge in [0.25, 0.3) is 0 Å². The van der Waals surface area contributed by atoms with Crippen LogP contribution >= 0.6 is 0 Å². The molecule has 1 rings (SSSR count). The normalized spacial score (nSPS) is 12.5. The van der Waals surface area contributed by atoms with Crippen LogP contribution in [-0.2, 0) is 4.74 Å². The van der Waals surface area contributed by atoms with E-state index in [4.69, 9.17) is 10.5 Å². The summed E-state index contributed by atoms with van der Waals surface area (Å²) in [5, 5.41) is 0. The van der Waals surface area contributed by atoms with E-state index in [-0.39, 0.29) is 6.04 Å². The lowest BCUT2D eigenvalue weighted by Crippen LogP contribution is -2.28. The van der Waals surface area contributed by atoms with Crippen molar-refractivity contribution in [2.45, 2.75) is 26.8 Å². The maximum atomic E-state index is 6.00. The summed E-state index contributed by atoms with van der Waals surface area (Å²) in [4.78, 5) is 2.31. The summed E-state index contributed by atoms with van der Waals surface area (Å²) in [7, 11) is 0. The molecule has 0 spiro atoms. The average molecular weight is 236 g/mol. The van der Waals surface area contributed by atoms with E-state index in [2.05, 4.69) is 30.0 Å². The lowest BCUT2D eigenvalue weighted by molar-refractivity contribution is 0.154. The molecule has 0 fully saturated rings. The molecule has 0 bridgehead atoms. The molecule has 0 saturated carbocycles. The molecule has 3 heteroatoms. The van der Waals surface area contributed by atoms with Crippen LogP contribution in [0, 0.1) is 0 Å². The molecule has 3 nitrogen and oxygen atoms in total. The van der Waals surface area contributed by atoms with Gasteiger partial charge in [-0.15, -0.1) is 0 Å². The number of anilines is 1. The summed E-state index contributed by atoms with van der Waals surface area (Å²) in [6.45, 7) is 9.61. The third-order valence-electron chi connectivity index (χ3n) is 2.86. The Morgan fingerprint density at radius 2 is 2.00 bits per heavy atom. The number of rotatable bonds is 7. The highest BCUT2D eigenvalue weighted by Crippen LogP contribution is 2.24. The van der Waals surface area contributed by atoms with Crippen LogP contribution in [0.5, 0.6) is 0 Å². The van der Waals surface area contributed by atoms with Crippen LogP contribution in [0.25, 0.3) is 0 Å². The maximum absolute atomic E-state index is 6.00. The largest absolute Gasteiger partial charge is 0.380 e. The van der Waals surface area contributed by atoms with Crippen molar-refractivity contribution in [2.75, 3.05) is 31.2 Å². The third-order valence-corrected chi connectivity index (χ3v) is 2.86. The number of nitrogens with two attached hydrogens (primary N) is 1. The van der Waals surface area contributed by atoms with Crippen LogP contribution in [0.4, 0.5) is 5.69 Å². The van der Waals surface area contributed by atoms with Gasteiger partial charge in [-0.3, -0.25) is 0 Å². The number of benzene rings is 1. The molecule has 0 aliphatic carbocycles. The minimum atomic E-state index is 0.0624. The lowest BCUT2D eigenvalue weighted by atomic mass is 10.1. The molecule has 0 radical (unpaired) electrons. The summed E-state index contributed by atoms with van der Waals surface area (Å²) < 4.78 is 5.41. The van der Waals surface area contributed by atoms with Crippen LogP contribution < -0.4 is 10.6 Å². The van der Waals surface area contributed by atoms with E-state index < -0.39 is 0 Å². The van der Waals surface area contributed by atoms with Crippen LogP contribution in [0.1, 0.15) is 32.4 Å². The number of para-hydroxylation sites is 1. The predicted molar refractivity (Wildman–Crippen MR) is 73.4 cm³/mol. The number of ether oxygens (including phenoxy) is 1. The van der Waals surface area contributed by atoms with Crippen molar-refractivity contribution >= 4 is 5.69 Å². The number of hydrogen-bond donors (Lipinski definition) is 1. The van der Waals surface area contributed by atoms with Crippen molar-refractivity contribution in [3.63, 3.8) is 0 Å². The fraction of sp³-hybridized carbons (Fsp3) is 0.571. The summed E-state index contributed by atoms with van der Waals surface area (Å²) in [5.74, 6) is 0. The Hall–Kier alpha value is -1.06. The van der Waals surface area contributed by atoms with E-state index in [0.717, 1.165) is 26.3 Å². The Bertz CT molecular complexity index is 326. The van der Waals surface area contributed by atoms with E-state index >= 15 is 0 Å². The third kappa shape index (κ3) is 4.02. The molecule has 2 N–H and O–H groups in total. The Balaban J connectivity index is 2.79. The summed E-state index contributed by atoms with van der Waals surface area (Å²) in [6, 6.07) is 8.40. The molecule has 1 aromatic carbocycles. The van der Waals surface area contributed by atoms with Crippen LogP contribution in [0.3, 0.4) is 0 Å². The first kappa shape index (κ1) is 14.0. The molecule has 0 unspecified atom stereocenters. The molecule has 0 aliphatic heterocycles. The van der Waals surface area contributed by atoms with Gasteiger partial charge in [0.1, 0.15) is 0 Å². The molecule has 1 atom stereocenters. The molecule has 96 valence electrons. The van der Waals surface area contributed by atoms with Crippen molar-refractivity contribution in [1.29, 1.82) is 0 Å². The second-order valence-electron chi connectivity index (χ2n) is 4.12. The molecular formula is C14H24N2O. The highest BCUT2D eigenvalue weighted by molar-refractivity contribution is 5.54. The minimum Gasteiger partial charge on any atom is -0.380 e. The highest BCUT2D eigenvalue weighted by Gasteiger charge is 2.11. The number of hydrogen-bond acceptors (Lipinski definition) is 3. The molecule has 0 aliphatic rings. The van der Waals surface area contributed by atoms with Crippen molar-refractivity contribution in [3.05, 3.63) is 29.8 Å². The van der Waals surface area contributed by atoms with Gasteiger partial charge in [0, 0.05) is 31.4 Å². The Morgan fingerprint density at radius 1 is 1.29 bits per heavy atom. The molecule has 0 saturated heterocycles. The van der Waals surface area contributed by atoms with Gasteiger partial charge in [-0.2, -0.15) is 0 Å². The first-order chi connectivity index (χ1) is 8.20. The maximum Gasteiger partial charge on any atom is 0.0641 e. The van der Waals surface area contributed by atoms with Crippen molar-refractivity contribution in [3.8, 4) is 0 Å². The SMILES string of the molecule is CCOCCN(CC)c1ccccc1[C@H](C)N. The van der Waals surface area contributed by atoms with Crippen LogP contribution in [0.15, 0.2) is 24.3 Å². The zero-order chi connectivity index (χ0) is 12.7. The van der Waals surface area contributed by atoms with Crippen LogP contribution in [-0.4, -0.2) is 26.3 Å². The molecule has 0 aromatic heterocycles. The smallest absolute Gasteiger partial charge is 0.0641 e. The van der Waals surface area contributed by atoms with Gasteiger partial charge < -0.3 is 15.4 Å². The van der Waals surface area contributed by atoms with E-state index in [9.17, 15) is 0 Å². The van der Waals surface area contributed by atoms with Gasteiger partial charge in [-0.1, -0.05) is 18.2 Å². The first-order valence-electron chi connectivity index (χ1n) is 6.37. The van der Waals surface area contributed by atoms with Crippen molar-refractivity contribution < 1.29 is 4.74 Å². The van der Waals surface area contributed by atoms with Crippen molar-refractivity contribution in [1.82, 2.24) is 0 Å². The van der Waals surface area contributed by atoms with Gasteiger partial charge in [0.15, 0.2) is 0 Å². The molecular weight excluding hydrogens is 212 g/mol. The van der Waals surface area contributed by atoms with Gasteiger partial charge in [-0.25, -0.2) is 0 Å². The molecule has 17 heavy (non-hydrogen) atoms. The fourth-order valence-electron chi connectivity index (χ4n) is 1.93. The standard InChI is InChI=1S/C14H24N2O/c1-4-16(10-11-17-5-2)14-9-7-6-8-13(14)12(3)15/h6-9,12H,4-5,10-11,15H2,1-3H3/t12-/m0/s1. The topological polar surface area (TPSA) is 38.5 Å². The predicted octanol–water partition coefficient (Wildman–Crippen LogP) is 2.57. The van der Waals surface area contributed by atoms with E-state index in [1.54, 1.807) is 0 Å². The monoisotopic (exact) mass is 236 g/mol. The van der Waals surface area contributed by atoms with E-state index in [1.165, 1.54) is 11.3 Å². The lowest BCUT2D eigenvalue weighted by Gasteiger charge is -2.26. The van der Waals surface area contributed by atoms with Gasteiger partial charge in [0.05, 0.1) is 6.61 Å². The number of likely N-dealkylation sites (N-methyl/N-ethyl adjacent to an activating group) is 1.